The van der Waals surface area contributed by atoms with Crippen LogP contribution in [0.1, 0.15) is 18.1 Å². The molecule has 3 aromatic rings. The van der Waals surface area contributed by atoms with Gasteiger partial charge in [0.2, 0.25) is 6.10 Å². The number of carbonyl (C=O) groups excluding carboxylic acids is 1. The van der Waals surface area contributed by atoms with Crippen LogP contribution < -0.4 is 19.5 Å². The van der Waals surface area contributed by atoms with E-state index < -0.39 is 18.6 Å². The number of oxime groups is 1. The summed E-state index contributed by atoms with van der Waals surface area (Å²) in [5.74, 6) is 0.357. The van der Waals surface area contributed by atoms with Gasteiger partial charge >= 0.3 is 6.61 Å². The lowest BCUT2D eigenvalue weighted by Gasteiger charge is -2.14. The maximum atomic E-state index is 12.5. The molecule has 3 aromatic carbocycles. The number of nitrogens with zero attached hydrogens (tertiary/aromatic N) is 1. The molecule has 178 valence electrons. The summed E-state index contributed by atoms with van der Waals surface area (Å²) < 4.78 is 40.7. The minimum atomic E-state index is -3.01. The molecule has 0 saturated carbocycles. The molecule has 1 N–H and O–H groups in total. The summed E-state index contributed by atoms with van der Waals surface area (Å²) in [5.41, 5.74) is 1.79. The molecule has 9 heteroatoms. The van der Waals surface area contributed by atoms with Crippen LogP contribution in [-0.2, 0) is 16.2 Å². The Balaban J connectivity index is 1.56. The lowest BCUT2D eigenvalue weighted by atomic mass is 10.2. The SMILES string of the molecule is COc1cc(/C=N/OC(C)C(=O)Nc2ccccc2OC(F)F)ccc1OCc1ccccc1. The maximum absolute atomic E-state index is 12.5. The molecule has 1 amide bonds. The van der Waals surface area contributed by atoms with Crippen LogP contribution in [0.5, 0.6) is 17.2 Å². The van der Waals surface area contributed by atoms with Crippen molar-refractivity contribution in [1.29, 1.82) is 0 Å². The highest BCUT2D eigenvalue weighted by molar-refractivity contribution is 5.95. The number of carbonyl (C=O) groups is 1. The van der Waals surface area contributed by atoms with Gasteiger partial charge in [0.05, 0.1) is 19.0 Å². The van der Waals surface area contributed by atoms with Crippen LogP contribution in [0.2, 0.25) is 0 Å². The van der Waals surface area contributed by atoms with Crippen LogP contribution in [0.25, 0.3) is 0 Å². The second-order valence-corrected chi connectivity index (χ2v) is 7.03. The molecular formula is C25H24F2N2O5. The fourth-order valence-corrected chi connectivity index (χ4v) is 2.85. The van der Waals surface area contributed by atoms with Crippen molar-refractivity contribution >= 4 is 17.8 Å². The first-order valence-electron chi connectivity index (χ1n) is 10.3. The predicted octanol–water partition coefficient (Wildman–Crippen LogP) is 5.25. The van der Waals surface area contributed by atoms with Crippen molar-refractivity contribution < 1.29 is 32.6 Å². The molecule has 0 bridgehead atoms. The van der Waals surface area contributed by atoms with Crippen LogP contribution in [-0.4, -0.2) is 31.9 Å². The maximum Gasteiger partial charge on any atom is 0.387 e. The first kappa shape index (κ1) is 24.5. The van der Waals surface area contributed by atoms with Crippen molar-refractivity contribution in [2.75, 3.05) is 12.4 Å². The van der Waals surface area contributed by atoms with Crippen LogP contribution in [0, 0.1) is 0 Å². The van der Waals surface area contributed by atoms with Crippen LogP contribution in [0.4, 0.5) is 14.5 Å². The molecule has 1 atom stereocenters. The van der Waals surface area contributed by atoms with E-state index in [0.29, 0.717) is 23.7 Å². The highest BCUT2D eigenvalue weighted by Gasteiger charge is 2.17. The van der Waals surface area contributed by atoms with Gasteiger partial charge in [0.25, 0.3) is 5.91 Å². The highest BCUT2D eigenvalue weighted by Crippen LogP contribution is 2.28. The van der Waals surface area contributed by atoms with E-state index in [0.717, 1.165) is 5.56 Å². The van der Waals surface area contributed by atoms with Gasteiger partial charge in [-0.1, -0.05) is 47.6 Å². The lowest BCUT2D eigenvalue weighted by molar-refractivity contribution is -0.126. The van der Waals surface area contributed by atoms with Gasteiger partial charge in [0.15, 0.2) is 11.5 Å². The van der Waals surface area contributed by atoms with Gasteiger partial charge in [0.1, 0.15) is 12.4 Å². The molecule has 0 saturated heterocycles. The molecule has 0 radical (unpaired) electrons. The third kappa shape index (κ3) is 7.19. The number of benzene rings is 3. The third-order valence-electron chi connectivity index (χ3n) is 4.58. The molecule has 0 aliphatic carbocycles. The number of methoxy groups -OCH3 is 1. The van der Waals surface area contributed by atoms with Gasteiger partial charge in [-0.25, -0.2) is 0 Å². The summed E-state index contributed by atoms with van der Waals surface area (Å²) in [6, 6.07) is 20.8. The fourth-order valence-electron chi connectivity index (χ4n) is 2.85. The van der Waals surface area contributed by atoms with Gasteiger partial charge in [-0.15, -0.1) is 0 Å². The predicted molar refractivity (Wildman–Crippen MR) is 124 cm³/mol. The fraction of sp³-hybridized carbons (Fsp3) is 0.200. The molecular weight excluding hydrogens is 446 g/mol. The number of alkyl halides is 2. The number of anilines is 1. The summed E-state index contributed by atoms with van der Waals surface area (Å²) in [6.07, 6.45) is 0.424. The highest BCUT2D eigenvalue weighted by atomic mass is 19.3. The first-order chi connectivity index (χ1) is 16.5. The first-order valence-corrected chi connectivity index (χ1v) is 10.3. The zero-order valence-corrected chi connectivity index (χ0v) is 18.6. The zero-order valence-electron chi connectivity index (χ0n) is 18.6. The van der Waals surface area contributed by atoms with E-state index in [-0.39, 0.29) is 11.4 Å². The largest absolute Gasteiger partial charge is 0.493 e. The number of nitrogens with one attached hydrogen (secondary N) is 1. The summed E-state index contributed by atoms with van der Waals surface area (Å²) >= 11 is 0. The van der Waals surface area contributed by atoms with Crippen LogP contribution >= 0.6 is 0 Å². The second kappa shape index (κ2) is 12.2. The van der Waals surface area contributed by atoms with Crippen LogP contribution in [0.15, 0.2) is 78.0 Å². The number of para-hydroxylation sites is 2. The van der Waals surface area contributed by atoms with Crippen molar-refractivity contribution in [2.24, 2.45) is 5.16 Å². The van der Waals surface area contributed by atoms with Crippen molar-refractivity contribution in [1.82, 2.24) is 0 Å². The van der Waals surface area contributed by atoms with E-state index >= 15 is 0 Å². The van der Waals surface area contributed by atoms with Crippen molar-refractivity contribution in [3.05, 3.63) is 83.9 Å². The summed E-state index contributed by atoms with van der Waals surface area (Å²) in [6.45, 7) is -1.14. The van der Waals surface area contributed by atoms with Gasteiger partial charge in [0, 0.05) is 5.56 Å². The van der Waals surface area contributed by atoms with Gasteiger partial charge in [-0.05, 0) is 42.8 Å². The number of hydrogen-bond donors (Lipinski definition) is 1. The van der Waals surface area contributed by atoms with E-state index in [1.807, 2.05) is 30.3 Å². The minimum Gasteiger partial charge on any atom is -0.493 e. The molecule has 3 rings (SSSR count). The Morgan fingerprint density at radius 3 is 2.47 bits per heavy atom. The van der Waals surface area contributed by atoms with E-state index in [9.17, 15) is 13.6 Å². The van der Waals surface area contributed by atoms with Crippen molar-refractivity contribution in [3.8, 4) is 17.2 Å². The molecule has 1 unspecified atom stereocenters. The van der Waals surface area contributed by atoms with Crippen molar-refractivity contribution in [2.45, 2.75) is 26.2 Å². The molecule has 0 aliphatic rings. The number of rotatable bonds is 11. The topological polar surface area (TPSA) is 78.4 Å². The normalized spacial score (nSPS) is 11.8. The molecule has 7 nitrogen and oxygen atoms in total. The smallest absolute Gasteiger partial charge is 0.387 e. The third-order valence-corrected chi connectivity index (χ3v) is 4.58. The van der Waals surface area contributed by atoms with E-state index in [2.05, 4.69) is 15.2 Å². The Labute approximate surface area is 195 Å². The second-order valence-electron chi connectivity index (χ2n) is 7.03. The standard InChI is InChI=1S/C25H24F2N2O5/c1-17(24(30)29-20-10-6-7-11-21(20)33-25(26)27)34-28-15-19-12-13-22(23(14-19)31-2)32-16-18-8-4-3-5-9-18/h3-15,17,25H,16H2,1-2H3,(H,29,30)/b28-15+. The quantitative estimate of drug-likeness (QED) is 0.306. The number of amides is 1. The van der Waals surface area contributed by atoms with Gasteiger partial charge in [-0.2, -0.15) is 8.78 Å². The van der Waals surface area contributed by atoms with E-state index in [4.69, 9.17) is 14.3 Å². The van der Waals surface area contributed by atoms with E-state index in [1.165, 1.54) is 38.4 Å². The average molecular weight is 470 g/mol. The minimum absolute atomic E-state index is 0.100. The summed E-state index contributed by atoms with van der Waals surface area (Å²) in [7, 11) is 1.53. The van der Waals surface area contributed by atoms with Gasteiger partial charge in [-0.3, -0.25) is 4.79 Å². The lowest BCUT2D eigenvalue weighted by Crippen LogP contribution is -2.26. The molecule has 0 fully saturated rings. The average Bonchev–Trinajstić information content (AvgIpc) is 2.84. The molecule has 0 spiro atoms. The Bertz CT molecular complexity index is 1110. The summed E-state index contributed by atoms with van der Waals surface area (Å²) in [5, 5.41) is 6.33. The molecule has 0 aromatic heterocycles. The zero-order chi connectivity index (χ0) is 24.3. The summed E-state index contributed by atoms with van der Waals surface area (Å²) in [4.78, 5) is 17.5. The van der Waals surface area contributed by atoms with Crippen LogP contribution in [0.3, 0.4) is 0 Å². The van der Waals surface area contributed by atoms with Gasteiger partial charge < -0.3 is 24.4 Å². The molecule has 0 aliphatic heterocycles. The van der Waals surface area contributed by atoms with E-state index in [1.54, 1.807) is 24.3 Å². The number of halogens is 2. The Morgan fingerprint density at radius 1 is 1.00 bits per heavy atom. The monoisotopic (exact) mass is 470 g/mol. The Kier molecular flexibility index (Phi) is 8.79. The van der Waals surface area contributed by atoms with Crippen molar-refractivity contribution in [3.63, 3.8) is 0 Å². The number of ether oxygens (including phenoxy) is 3. The molecule has 0 heterocycles. The Hall–Kier alpha value is -4.14. The molecule has 34 heavy (non-hydrogen) atoms. The Morgan fingerprint density at radius 2 is 1.74 bits per heavy atom. The number of hydrogen-bond acceptors (Lipinski definition) is 6.